The van der Waals surface area contributed by atoms with Gasteiger partial charge in [0.2, 0.25) is 0 Å². The molecule has 1 amide bonds. The molecule has 154 valence electrons. The largest absolute Gasteiger partial charge is 0.484 e. The summed E-state index contributed by atoms with van der Waals surface area (Å²) in [5, 5.41) is 2.82. The number of ketones is 1. The normalized spacial score (nSPS) is 18.9. The molecule has 2 unspecified atom stereocenters. The van der Waals surface area contributed by atoms with Gasteiger partial charge in [0, 0.05) is 31.4 Å². The average Bonchev–Trinajstić information content (AvgIpc) is 2.70. The Morgan fingerprint density at radius 1 is 1.21 bits per heavy atom. The number of hydrogen-bond acceptors (Lipinski definition) is 6. The third-order valence-electron chi connectivity index (χ3n) is 4.65. The van der Waals surface area contributed by atoms with Crippen LogP contribution in [0.5, 0.6) is 5.75 Å². The standard InChI is InChI=1S/C22H27N3O4/c1-15-12-25(13-16(2)29-15)21-8-7-18(10-23-21)11-24-22(27)14-28-20-6-4-5-19(9-20)17(3)26/h4-10,15-16H,11-14H2,1-3H3,(H,24,27). The van der Waals surface area contributed by atoms with Crippen molar-refractivity contribution in [3.05, 3.63) is 53.7 Å². The molecule has 7 heteroatoms. The summed E-state index contributed by atoms with van der Waals surface area (Å²) in [6.45, 7) is 7.50. The average molecular weight is 397 g/mol. The van der Waals surface area contributed by atoms with E-state index in [1.165, 1.54) is 6.92 Å². The van der Waals surface area contributed by atoms with E-state index in [0.29, 0.717) is 17.9 Å². The van der Waals surface area contributed by atoms with Gasteiger partial charge in [-0.05, 0) is 44.5 Å². The molecule has 2 atom stereocenters. The Hall–Kier alpha value is -2.93. The molecule has 0 saturated carbocycles. The monoisotopic (exact) mass is 397 g/mol. The molecule has 0 aliphatic carbocycles. The summed E-state index contributed by atoms with van der Waals surface area (Å²) in [5.41, 5.74) is 1.47. The van der Waals surface area contributed by atoms with E-state index in [1.807, 2.05) is 12.1 Å². The Labute approximate surface area is 171 Å². The number of benzene rings is 1. The van der Waals surface area contributed by atoms with Crippen molar-refractivity contribution < 1.29 is 19.1 Å². The Balaban J connectivity index is 1.46. The fraction of sp³-hybridized carbons (Fsp3) is 0.409. The summed E-state index contributed by atoms with van der Waals surface area (Å²) in [4.78, 5) is 30.2. The zero-order valence-electron chi connectivity index (χ0n) is 17.1. The number of morpholine rings is 1. The number of hydrogen-bond donors (Lipinski definition) is 1. The first-order chi connectivity index (χ1) is 13.9. The van der Waals surface area contributed by atoms with Gasteiger partial charge in [-0.25, -0.2) is 4.98 Å². The van der Waals surface area contributed by atoms with Gasteiger partial charge in [0.25, 0.3) is 5.91 Å². The molecule has 1 aromatic carbocycles. The van der Waals surface area contributed by atoms with Gasteiger partial charge in [-0.1, -0.05) is 18.2 Å². The molecule has 1 aliphatic rings. The molecule has 1 aromatic heterocycles. The summed E-state index contributed by atoms with van der Waals surface area (Å²) in [5.74, 6) is 1.12. The van der Waals surface area contributed by atoms with Crippen LogP contribution in [0.1, 0.15) is 36.7 Å². The maximum Gasteiger partial charge on any atom is 0.258 e. The lowest BCUT2D eigenvalue weighted by molar-refractivity contribution is -0.123. The van der Waals surface area contributed by atoms with Gasteiger partial charge in [-0.15, -0.1) is 0 Å². The minimum absolute atomic E-state index is 0.0446. The molecule has 1 saturated heterocycles. The Kier molecular flexibility index (Phi) is 6.82. The molecule has 7 nitrogen and oxygen atoms in total. The highest BCUT2D eigenvalue weighted by Gasteiger charge is 2.22. The van der Waals surface area contributed by atoms with E-state index in [4.69, 9.17) is 9.47 Å². The van der Waals surface area contributed by atoms with Crippen molar-refractivity contribution in [2.24, 2.45) is 0 Å². The van der Waals surface area contributed by atoms with Crippen molar-refractivity contribution in [2.75, 3.05) is 24.6 Å². The second kappa shape index (κ2) is 9.52. The van der Waals surface area contributed by atoms with E-state index in [9.17, 15) is 9.59 Å². The fourth-order valence-corrected chi connectivity index (χ4v) is 3.28. The maximum absolute atomic E-state index is 12.0. The number of rotatable bonds is 7. The maximum atomic E-state index is 12.0. The van der Waals surface area contributed by atoms with Crippen molar-refractivity contribution in [1.29, 1.82) is 0 Å². The summed E-state index contributed by atoms with van der Waals surface area (Å²) in [6, 6.07) is 10.7. The molecular formula is C22H27N3O4. The first kappa shape index (κ1) is 20.8. The van der Waals surface area contributed by atoms with Gasteiger partial charge in [0.1, 0.15) is 11.6 Å². The number of carbonyl (C=O) groups is 2. The number of ether oxygens (including phenoxy) is 2. The highest BCUT2D eigenvalue weighted by atomic mass is 16.5. The minimum atomic E-state index is -0.238. The van der Waals surface area contributed by atoms with Crippen LogP contribution in [0, 0.1) is 0 Å². The number of nitrogens with zero attached hydrogens (tertiary/aromatic N) is 2. The van der Waals surface area contributed by atoms with E-state index < -0.39 is 0 Å². The topological polar surface area (TPSA) is 80.8 Å². The number of amides is 1. The van der Waals surface area contributed by atoms with E-state index in [1.54, 1.807) is 30.5 Å². The number of pyridine rings is 1. The van der Waals surface area contributed by atoms with Crippen molar-refractivity contribution in [1.82, 2.24) is 10.3 Å². The third kappa shape index (κ3) is 6.02. The predicted octanol–water partition coefficient (Wildman–Crippen LogP) is 2.59. The van der Waals surface area contributed by atoms with E-state index >= 15 is 0 Å². The van der Waals surface area contributed by atoms with Crippen LogP contribution in [-0.4, -0.2) is 48.6 Å². The second-order valence-corrected chi connectivity index (χ2v) is 7.34. The molecule has 29 heavy (non-hydrogen) atoms. The Morgan fingerprint density at radius 2 is 1.97 bits per heavy atom. The van der Waals surface area contributed by atoms with Gasteiger partial charge in [0.15, 0.2) is 12.4 Å². The molecular weight excluding hydrogens is 370 g/mol. The number of anilines is 1. The smallest absolute Gasteiger partial charge is 0.258 e. The lowest BCUT2D eigenvalue weighted by Gasteiger charge is -2.36. The molecule has 0 radical (unpaired) electrons. The van der Waals surface area contributed by atoms with Gasteiger partial charge in [-0.3, -0.25) is 9.59 Å². The van der Waals surface area contributed by atoms with Crippen LogP contribution in [0.4, 0.5) is 5.82 Å². The SMILES string of the molecule is CC(=O)c1cccc(OCC(=O)NCc2ccc(N3CC(C)OC(C)C3)nc2)c1. The zero-order chi connectivity index (χ0) is 20.8. The summed E-state index contributed by atoms with van der Waals surface area (Å²) >= 11 is 0. The third-order valence-corrected chi connectivity index (χ3v) is 4.65. The van der Waals surface area contributed by atoms with E-state index in [2.05, 4.69) is 29.0 Å². The predicted molar refractivity (Wildman–Crippen MR) is 110 cm³/mol. The lowest BCUT2D eigenvalue weighted by atomic mass is 10.1. The van der Waals surface area contributed by atoms with Crippen LogP contribution in [0.3, 0.4) is 0 Å². The Bertz CT molecular complexity index is 843. The molecule has 0 spiro atoms. The fourth-order valence-electron chi connectivity index (χ4n) is 3.28. The molecule has 2 aromatic rings. The number of Topliss-reactive ketones (excluding diaryl/α,β-unsaturated/α-hetero) is 1. The Morgan fingerprint density at radius 3 is 2.62 bits per heavy atom. The molecule has 3 rings (SSSR count). The number of aromatic nitrogens is 1. The van der Waals surface area contributed by atoms with E-state index in [-0.39, 0.29) is 30.5 Å². The van der Waals surface area contributed by atoms with Gasteiger partial charge in [0.05, 0.1) is 12.2 Å². The van der Waals surface area contributed by atoms with Crippen LogP contribution in [0.25, 0.3) is 0 Å². The molecule has 1 N–H and O–H groups in total. The highest BCUT2D eigenvalue weighted by molar-refractivity contribution is 5.94. The van der Waals surface area contributed by atoms with Crippen molar-refractivity contribution in [2.45, 2.75) is 39.5 Å². The van der Waals surface area contributed by atoms with Gasteiger partial charge in [-0.2, -0.15) is 0 Å². The second-order valence-electron chi connectivity index (χ2n) is 7.34. The lowest BCUT2D eigenvalue weighted by Crippen LogP contribution is -2.45. The summed E-state index contributed by atoms with van der Waals surface area (Å²) < 4.78 is 11.2. The van der Waals surface area contributed by atoms with E-state index in [0.717, 1.165) is 24.5 Å². The molecule has 0 bridgehead atoms. The van der Waals surface area contributed by atoms with Crippen LogP contribution in [-0.2, 0) is 16.1 Å². The number of nitrogens with one attached hydrogen (secondary N) is 1. The van der Waals surface area contributed by atoms with Gasteiger partial charge >= 0.3 is 0 Å². The zero-order valence-corrected chi connectivity index (χ0v) is 17.1. The van der Waals surface area contributed by atoms with Crippen LogP contribution in [0.15, 0.2) is 42.6 Å². The molecule has 1 aliphatic heterocycles. The quantitative estimate of drug-likeness (QED) is 0.724. The highest BCUT2D eigenvalue weighted by Crippen LogP contribution is 2.18. The molecule has 2 heterocycles. The minimum Gasteiger partial charge on any atom is -0.484 e. The number of carbonyl (C=O) groups excluding carboxylic acids is 2. The summed E-state index contributed by atoms with van der Waals surface area (Å²) in [6.07, 6.45) is 2.13. The van der Waals surface area contributed by atoms with Crippen LogP contribution < -0.4 is 15.0 Å². The van der Waals surface area contributed by atoms with Crippen molar-refractivity contribution in [3.63, 3.8) is 0 Å². The van der Waals surface area contributed by atoms with Crippen molar-refractivity contribution in [3.8, 4) is 5.75 Å². The van der Waals surface area contributed by atoms with Crippen LogP contribution in [0.2, 0.25) is 0 Å². The first-order valence-electron chi connectivity index (χ1n) is 9.76. The molecule has 1 fully saturated rings. The van der Waals surface area contributed by atoms with Crippen molar-refractivity contribution >= 4 is 17.5 Å². The summed E-state index contributed by atoms with van der Waals surface area (Å²) in [7, 11) is 0. The van der Waals surface area contributed by atoms with Gasteiger partial charge < -0.3 is 19.7 Å². The first-order valence-corrected chi connectivity index (χ1v) is 9.76. The van der Waals surface area contributed by atoms with Crippen LogP contribution >= 0.6 is 0 Å².